The first kappa shape index (κ1) is 11.0. The van der Waals surface area contributed by atoms with Crippen LogP contribution in [0.15, 0.2) is 11.1 Å². The molecule has 0 aliphatic heterocycles. The normalized spacial score (nSPS) is 12.6. The zero-order valence-corrected chi connectivity index (χ0v) is 8.88. The first-order valence-electron chi connectivity index (χ1n) is 4.22. The maximum atomic E-state index is 11.1. The molecule has 1 rings (SSSR count). The maximum Gasteiger partial charge on any atom is 0.271 e. The van der Waals surface area contributed by atoms with Crippen molar-refractivity contribution in [2.24, 2.45) is 5.73 Å². The van der Waals surface area contributed by atoms with Crippen molar-refractivity contribution in [2.45, 2.75) is 13.0 Å². The number of nitrogens with zero attached hydrogens (tertiary/aromatic N) is 2. The Hall–Kier alpha value is -1.07. The highest BCUT2D eigenvalue weighted by Gasteiger charge is 2.11. The third-order valence-corrected chi connectivity index (χ3v) is 2.04. The molecule has 3 N–H and O–H groups in total. The first-order chi connectivity index (χ1) is 6.52. The van der Waals surface area contributed by atoms with Gasteiger partial charge in [0, 0.05) is 19.6 Å². The van der Waals surface area contributed by atoms with Gasteiger partial charge in [-0.15, -0.1) is 0 Å². The smallest absolute Gasteiger partial charge is 0.271 e. The molecule has 0 aromatic carbocycles. The van der Waals surface area contributed by atoms with Gasteiger partial charge in [0.1, 0.15) is 5.02 Å². The Balaban J connectivity index is 2.95. The first-order valence-corrected chi connectivity index (χ1v) is 4.60. The number of aromatic amines is 1. The quantitative estimate of drug-likeness (QED) is 0.758. The van der Waals surface area contributed by atoms with Gasteiger partial charge in [-0.2, -0.15) is 0 Å². The van der Waals surface area contributed by atoms with Crippen LogP contribution in [0.2, 0.25) is 5.02 Å². The molecule has 1 aromatic heterocycles. The van der Waals surface area contributed by atoms with E-state index in [-0.39, 0.29) is 16.6 Å². The lowest BCUT2D eigenvalue weighted by Gasteiger charge is -2.20. The number of anilines is 1. The Bertz CT molecular complexity index is 363. The molecule has 0 aliphatic rings. The Kier molecular flexibility index (Phi) is 3.49. The molecule has 0 bridgehead atoms. The minimum Gasteiger partial charge on any atom is -0.357 e. The van der Waals surface area contributed by atoms with Crippen molar-refractivity contribution in [3.63, 3.8) is 0 Å². The number of likely N-dealkylation sites (N-methyl/N-ethyl adjacent to an activating group) is 1. The van der Waals surface area contributed by atoms with Crippen molar-refractivity contribution in [1.82, 2.24) is 9.97 Å². The molecular weight excluding hydrogens is 204 g/mol. The fraction of sp³-hybridized carbons (Fsp3) is 0.500. The molecule has 1 atom stereocenters. The average Bonchev–Trinajstić information content (AvgIpc) is 2.08. The molecular formula is C8H13ClN4O. The van der Waals surface area contributed by atoms with Crippen LogP contribution in [0.25, 0.3) is 0 Å². The molecule has 1 unspecified atom stereocenters. The zero-order chi connectivity index (χ0) is 10.7. The van der Waals surface area contributed by atoms with Crippen LogP contribution in [0.4, 0.5) is 5.82 Å². The van der Waals surface area contributed by atoms with E-state index in [4.69, 9.17) is 17.3 Å². The van der Waals surface area contributed by atoms with E-state index < -0.39 is 0 Å². The molecule has 0 fully saturated rings. The minimum atomic E-state index is -0.340. The highest BCUT2D eigenvalue weighted by molar-refractivity contribution is 6.32. The van der Waals surface area contributed by atoms with Gasteiger partial charge in [-0.3, -0.25) is 4.79 Å². The maximum absolute atomic E-state index is 11.1. The molecule has 0 saturated heterocycles. The summed E-state index contributed by atoms with van der Waals surface area (Å²) in [6.07, 6.45) is 1.32. The highest BCUT2D eigenvalue weighted by atomic mass is 35.5. The average molecular weight is 217 g/mol. The van der Waals surface area contributed by atoms with Crippen LogP contribution in [0.5, 0.6) is 0 Å². The van der Waals surface area contributed by atoms with Crippen LogP contribution in [0.3, 0.4) is 0 Å². The van der Waals surface area contributed by atoms with Gasteiger partial charge in [0.15, 0.2) is 5.82 Å². The minimum absolute atomic E-state index is 0.00263. The van der Waals surface area contributed by atoms with Crippen molar-refractivity contribution >= 4 is 17.4 Å². The van der Waals surface area contributed by atoms with E-state index in [1.165, 1.54) is 6.33 Å². The van der Waals surface area contributed by atoms with Gasteiger partial charge in [0.25, 0.3) is 5.56 Å². The van der Waals surface area contributed by atoms with Gasteiger partial charge in [-0.05, 0) is 6.92 Å². The zero-order valence-electron chi connectivity index (χ0n) is 8.12. The topological polar surface area (TPSA) is 75.0 Å². The van der Waals surface area contributed by atoms with Gasteiger partial charge < -0.3 is 15.6 Å². The molecule has 0 spiro atoms. The van der Waals surface area contributed by atoms with Crippen molar-refractivity contribution in [3.05, 3.63) is 21.7 Å². The Morgan fingerprint density at radius 3 is 3.00 bits per heavy atom. The van der Waals surface area contributed by atoms with Crippen LogP contribution in [-0.4, -0.2) is 29.6 Å². The fourth-order valence-electron chi connectivity index (χ4n) is 1.16. The summed E-state index contributed by atoms with van der Waals surface area (Å²) in [5.41, 5.74) is 5.28. The lowest BCUT2D eigenvalue weighted by Crippen LogP contribution is -2.34. The van der Waals surface area contributed by atoms with Crippen LogP contribution >= 0.6 is 11.6 Å². The van der Waals surface area contributed by atoms with Crippen molar-refractivity contribution in [1.29, 1.82) is 0 Å². The Morgan fingerprint density at radius 1 is 1.79 bits per heavy atom. The second kappa shape index (κ2) is 4.43. The second-order valence-corrected chi connectivity index (χ2v) is 3.61. The summed E-state index contributed by atoms with van der Waals surface area (Å²) in [4.78, 5) is 19.3. The standard InChI is InChI=1S/C8H13ClN4O/c1-5(10)3-13(2)7-6(9)8(14)12-4-11-7/h4-5H,3,10H2,1-2H3,(H,11,12,14). The number of H-pyrrole nitrogens is 1. The van der Waals surface area contributed by atoms with E-state index in [0.717, 1.165) is 0 Å². The lowest BCUT2D eigenvalue weighted by atomic mass is 10.3. The lowest BCUT2D eigenvalue weighted by molar-refractivity contribution is 0.710. The summed E-state index contributed by atoms with van der Waals surface area (Å²) in [6, 6.07) is -0.00263. The van der Waals surface area contributed by atoms with E-state index in [1.807, 2.05) is 6.92 Å². The second-order valence-electron chi connectivity index (χ2n) is 3.23. The molecule has 14 heavy (non-hydrogen) atoms. The number of nitrogens with two attached hydrogens (primary N) is 1. The number of nitrogens with one attached hydrogen (secondary N) is 1. The largest absolute Gasteiger partial charge is 0.357 e. The molecule has 5 nitrogen and oxygen atoms in total. The molecule has 0 saturated carbocycles. The predicted molar refractivity (Wildman–Crippen MR) is 56.8 cm³/mol. The number of hydrogen-bond acceptors (Lipinski definition) is 4. The van der Waals surface area contributed by atoms with Crippen LogP contribution < -0.4 is 16.2 Å². The van der Waals surface area contributed by atoms with Gasteiger partial charge >= 0.3 is 0 Å². The summed E-state index contributed by atoms with van der Waals surface area (Å²) in [5, 5.41) is 0.0932. The van der Waals surface area contributed by atoms with E-state index >= 15 is 0 Å². The Labute approximate surface area is 86.9 Å². The molecule has 6 heteroatoms. The molecule has 0 aliphatic carbocycles. The number of halogens is 1. The molecule has 1 aromatic rings. The summed E-state index contributed by atoms with van der Waals surface area (Å²) >= 11 is 5.78. The highest BCUT2D eigenvalue weighted by Crippen LogP contribution is 2.16. The number of rotatable bonds is 3. The summed E-state index contributed by atoms with van der Waals surface area (Å²) in [7, 11) is 1.79. The van der Waals surface area contributed by atoms with E-state index in [0.29, 0.717) is 12.4 Å². The van der Waals surface area contributed by atoms with Crippen LogP contribution in [0.1, 0.15) is 6.92 Å². The number of aromatic nitrogens is 2. The summed E-state index contributed by atoms with van der Waals surface area (Å²) < 4.78 is 0. The molecule has 0 amide bonds. The molecule has 78 valence electrons. The van der Waals surface area contributed by atoms with Crippen LogP contribution in [0, 0.1) is 0 Å². The SMILES string of the molecule is CC(N)CN(C)c1nc[nH]c(=O)c1Cl. The molecule has 1 heterocycles. The Morgan fingerprint density at radius 2 is 2.43 bits per heavy atom. The monoisotopic (exact) mass is 216 g/mol. The van der Waals surface area contributed by atoms with Crippen molar-refractivity contribution in [3.8, 4) is 0 Å². The predicted octanol–water partition coefficient (Wildman–Crippen LogP) is 0.207. The third kappa shape index (κ3) is 2.46. The van der Waals surface area contributed by atoms with Crippen molar-refractivity contribution in [2.75, 3.05) is 18.5 Å². The molecule has 0 radical (unpaired) electrons. The van der Waals surface area contributed by atoms with E-state index in [2.05, 4.69) is 9.97 Å². The fourth-order valence-corrected chi connectivity index (χ4v) is 1.41. The van der Waals surface area contributed by atoms with E-state index in [1.54, 1.807) is 11.9 Å². The third-order valence-electron chi connectivity index (χ3n) is 1.70. The van der Waals surface area contributed by atoms with Crippen LogP contribution in [-0.2, 0) is 0 Å². The number of hydrogen-bond donors (Lipinski definition) is 2. The summed E-state index contributed by atoms with van der Waals surface area (Å²) in [6.45, 7) is 2.47. The van der Waals surface area contributed by atoms with Gasteiger partial charge in [-0.1, -0.05) is 11.6 Å². The van der Waals surface area contributed by atoms with E-state index in [9.17, 15) is 4.79 Å². The summed E-state index contributed by atoms with van der Waals surface area (Å²) in [5.74, 6) is 0.452. The van der Waals surface area contributed by atoms with Gasteiger partial charge in [0.05, 0.1) is 6.33 Å². The van der Waals surface area contributed by atoms with Gasteiger partial charge in [-0.25, -0.2) is 4.98 Å². The van der Waals surface area contributed by atoms with Gasteiger partial charge in [0.2, 0.25) is 0 Å². The van der Waals surface area contributed by atoms with Crippen molar-refractivity contribution < 1.29 is 0 Å².